The average molecular weight is 211 g/mol. The Morgan fingerprint density at radius 1 is 0.875 bits per heavy atom. The van der Waals surface area contributed by atoms with Gasteiger partial charge in [-0.3, -0.25) is 0 Å². The lowest BCUT2D eigenvalue weighted by Gasteiger charge is -1.93. The Morgan fingerprint density at radius 3 is 2.50 bits per heavy atom. The van der Waals surface area contributed by atoms with E-state index in [9.17, 15) is 0 Å². The molecule has 2 aromatic heterocycles. The van der Waals surface area contributed by atoms with Crippen molar-refractivity contribution in [1.82, 2.24) is 4.98 Å². The second-order valence-electron chi connectivity index (χ2n) is 3.37. The standard InChI is InChI=1S/C13H9NO2/c1-2-5-10(6-3-1)13-14-9-12(16-13)11-7-4-8-15-11/h1-9H. The molecule has 0 saturated heterocycles. The minimum Gasteiger partial charge on any atom is -0.461 e. The normalized spacial score (nSPS) is 10.5. The van der Waals surface area contributed by atoms with E-state index in [4.69, 9.17) is 8.83 Å². The van der Waals surface area contributed by atoms with Crippen LogP contribution in [0.1, 0.15) is 0 Å². The van der Waals surface area contributed by atoms with Crippen molar-refractivity contribution < 1.29 is 8.83 Å². The zero-order valence-corrected chi connectivity index (χ0v) is 8.46. The van der Waals surface area contributed by atoms with Crippen molar-refractivity contribution in [3.05, 3.63) is 54.9 Å². The zero-order chi connectivity index (χ0) is 10.8. The molecule has 78 valence electrons. The highest BCUT2D eigenvalue weighted by Gasteiger charge is 2.09. The first-order chi connectivity index (χ1) is 7.93. The molecule has 3 heteroatoms. The summed E-state index contributed by atoms with van der Waals surface area (Å²) in [7, 11) is 0. The molecule has 0 spiro atoms. The number of aromatic nitrogens is 1. The minimum atomic E-state index is 0.604. The van der Waals surface area contributed by atoms with Crippen LogP contribution in [0.25, 0.3) is 23.0 Å². The van der Waals surface area contributed by atoms with E-state index in [1.165, 1.54) is 0 Å². The summed E-state index contributed by atoms with van der Waals surface area (Å²) in [4.78, 5) is 4.22. The van der Waals surface area contributed by atoms with Crippen LogP contribution in [0.15, 0.2) is 63.8 Å². The van der Waals surface area contributed by atoms with E-state index in [0.717, 1.165) is 5.56 Å². The van der Waals surface area contributed by atoms with Crippen molar-refractivity contribution >= 4 is 0 Å². The molecule has 0 atom stereocenters. The van der Waals surface area contributed by atoms with E-state index in [2.05, 4.69) is 4.98 Å². The number of benzene rings is 1. The summed E-state index contributed by atoms with van der Waals surface area (Å²) < 4.78 is 10.8. The first-order valence-corrected chi connectivity index (χ1v) is 4.98. The Bertz CT molecular complexity index is 567. The van der Waals surface area contributed by atoms with Gasteiger partial charge in [-0.25, -0.2) is 4.98 Å². The predicted octanol–water partition coefficient (Wildman–Crippen LogP) is 3.60. The smallest absolute Gasteiger partial charge is 0.226 e. The summed E-state index contributed by atoms with van der Waals surface area (Å²) in [5.41, 5.74) is 0.959. The summed E-state index contributed by atoms with van der Waals surface area (Å²) in [6, 6.07) is 13.4. The van der Waals surface area contributed by atoms with E-state index in [1.807, 2.05) is 42.5 Å². The number of hydrogen-bond donors (Lipinski definition) is 0. The van der Waals surface area contributed by atoms with Crippen molar-refractivity contribution in [2.24, 2.45) is 0 Å². The molecule has 0 fully saturated rings. The van der Waals surface area contributed by atoms with Crippen LogP contribution in [-0.4, -0.2) is 4.98 Å². The Morgan fingerprint density at radius 2 is 1.75 bits per heavy atom. The maximum absolute atomic E-state index is 5.61. The summed E-state index contributed by atoms with van der Waals surface area (Å²) in [5, 5.41) is 0. The quantitative estimate of drug-likeness (QED) is 0.650. The number of hydrogen-bond acceptors (Lipinski definition) is 3. The molecule has 0 aliphatic carbocycles. The molecule has 0 saturated carbocycles. The summed E-state index contributed by atoms with van der Waals surface area (Å²) in [6.07, 6.45) is 3.28. The molecule has 0 bridgehead atoms. The molecule has 0 N–H and O–H groups in total. The number of rotatable bonds is 2. The van der Waals surface area contributed by atoms with Gasteiger partial charge in [0, 0.05) is 5.56 Å². The summed E-state index contributed by atoms with van der Waals surface area (Å²) in [5.74, 6) is 1.94. The maximum atomic E-state index is 5.61. The van der Waals surface area contributed by atoms with E-state index in [1.54, 1.807) is 12.5 Å². The van der Waals surface area contributed by atoms with Crippen LogP contribution in [0.5, 0.6) is 0 Å². The molecule has 0 aliphatic heterocycles. The van der Waals surface area contributed by atoms with Gasteiger partial charge in [0.1, 0.15) is 0 Å². The molecule has 0 radical (unpaired) electrons. The van der Waals surface area contributed by atoms with Crippen molar-refractivity contribution in [2.45, 2.75) is 0 Å². The van der Waals surface area contributed by atoms with E-state index in [-0.39, 0.29) is 0 Å². The summed E-state index contributed by atoms with van der Waals surface area (Å²) >= 11 is 0. The molecule has 3 rings (SSSR count). The van der Waals surface area contributed by atoms with Gasteiger partial charge in [-0.2, -0.15) is 0 Å². The Hall–Kier alpha value is -2.29. The monoisotopic (exact) mass is 211 g/mol. The van der Waals surface area contributed by atoms with Crippen LogP contribution in [0.3, 0.4) is 0 Å². The lowest BCUT2D eigenvalue weighted by molar-refractivity contribution is 0.529. The van der Waals surface area contributed by atoms with Gasteiger partial charge in [0.05, 0.1) is 12.5 Å². The van der Waals surface area contributed by atoms with Crippen LogP contribution in [-0.2, 0) is 0 Å². The van der Waals surface area contributed by atoms with Gasteiger partial charge in [-0.15, -0.1) is 0 Å². The Kier molecular flexibility index (Phi) is 2.07. The highest BCUT2D eigenvalue weighted by molar-refractivity contribution is 5.57. The third-order valence-electron chi connectivity index (χ3n) is 2.29. The van der Waals surface area contributed by atoms with E-state index in [0.29, 0.717) is 17.4 Å². The van der Waals surface area contributed by atoms with Gasteiger partial charge in [-0.1, -0.05) is 18.2 Å². The third-order valence-corrected chi connectivity index (χ3v) is 2.29. The second-order valence-corrected chi connectivity index (χ2v) is 3.37. The Balaban J connectivity index is 2.00. The van der Waals surface area contributed by atoms with Gasteiger partial charge >= 0.3 is 0 Å². The van der Waals surface area contributed by atoms with E-state index >= 15 is 0 Å². The first-order valence-electron chi connectivity index (χ1n) is 4.98. The zero-order valence-electron chi connectivity index (χ0n) is 8.46. The predicted molar refractivity (Wildman–Crippen MR) is 59.6 cm³/mol. The molecule has 0 unspecified atom stereocenters. The highest BCUT2D eigenvalue weighted by atomic mass is 16.4. The largest absolute Gasteiger partial charge is 0.461 e. The van der Waals surface area contributed by atoms with Crippen LogP contribution in [0, 0.1) is 0 Å². The van der Waals surface area contributed by atoms with Crippen LogP contribution in [0.4, 0.5) is 0 Å². The molecular weight excluding hydrogens is 202 g/mol. The fraction of sp³-hybridized carbons (Fsp3) is 0. The topological polar surface area (TPSA) is 39.2 Å². The second kappa shape index (κ2) is 3.70. The molecule has 0 amide bonds. The molecule has 2 heterocycles. The van der Waals surface area contributed by atoms with Crippen molar-refractivity contribution in [3.63, 3.8) is 0 Å². The van der Waals surface area contributed by atoms with Gasteiger partial charge in [0.15, 0.2) is 11.5 Å². The maximum Gasteiger partial charge on any atom is 0.226 e. The van der Waals surface area contributed by atoms with Crippen LogP contribution >= 0.6 is 0 Å². The van der Waals surface area contributed by atoms with E-state index < -0.39 is 0 Å². The van der Waals surface area contributed by atoms with Gasteiger partial charge in [-0.05, 0) is 24.3 Å². The lowest BCUT2D eigenvalue weighted by Crippen LogP contribution is -1.73. The molecular formula is C13H9NO2. The van der Waals surface area contributed by atoms with Crippen LogP contribution in [0.2, 0.25) is 0 Å². The SMILES string of the molecule is c1ccc(-c2ncc(-c3ccco3)o2)cc1. The number of oxazole rings is 1. The summed E-state index contributed by atoms with van der Waals surface area (Å²) in [6.45, 7) is 0. The van der Waals surface area contributed by atoms with Crippen LogP contribution < -0.4 is 0 Å². The fourth-order valence-corrected chi connectivity index (χ4v) is 1.52. The number of nitrogens with zero attached hydrogens (tertiary/aromatic N) is 1. The van der Waals surface area contributed by atoms with Crippen molar-refractivity contribution in [3.8, 4) is 23.0 Å². The van der Waals surface area contributed by atoms with Gasteiger partial charge in [0.25, 0.3) is 0 Å². The molecule has 3 aromatic rings. The first kappa shape index (κ1) is 8.97. The number of furan rings is 1. The van der Waals surface area contributed by atoms with Gasteiger partial charge < -0.3 is 8.83 Å². The lowest BCUT2D eigenvalue weighted by atomic mass is 10.2. The highest BCUT2D eigenvalue weighted by Crippen LogP contribution is 2.25. The van der Waals surface area contributed by atoms with Gasteiger partial charge in [0.2, 0.25) is 5.89 Å². The average Bonchev–Trinajstić information content (AvgIpc) is 3.01. The minimum absolute atomic E-state index is 0.604. The Labute approximate surface area is 92.4 Å². The van der Waals surface area contributed by atoms with Crippen molar-refractivity contribution in [2.75, 3.05) is 0 Å². The molecule has 16 heavy (non-hydrogen) atoms. The molecule has 0 aliphatic rings. The molecule has 1 aromatic carbocycles. The fourth-order valence-electron chi connectivity index (χ4n) is 1.52. The molecule has 3 nitrogen and oxygen atoms in total. The van der Waals surface area contributed by atoms with Crippen molar-refractivity contribution in [1.29, 1.82) is 0 Å². The third kappa shape index (κ3) is 1.52.